The van der Waals surface area contributed by atoms with Gasteiger partial charge in [0.1, 0.15) is 0 Å². The zero-order valence-corrected chi connectivity index (χ0v) is 10.5. The van der Waals surface area contributed by atoms with Gasteiger partial charge in [-0.05, 0) is 12.5 Å². The molecule has 0 atom stereocenters. The first-order chi connectivity index (χ1) is 9.06. The van der Waals surface area contributed by atoms with Gasteiger partial charge in [0.05, 0.1) is 0 Å². The molecule has 19 heavy (non-hydrogen) atoms. The number of anilines is 1. The van der Waals surface area contributed by atoms with Crippen molar-refractivity contribution in [3.8, 4) is 17.4 Å². The average Bonchev–Trinajstić information content (AvgIpc) is 2.36. The SMILES string of the molecule is CC(=O)NNc1nc(O)nc(-c2ccccc2C)n1. The first-order valence-electron chi connectivity index (χ1n) is 5.60. The number of carbonyl (C=O) groups excluding carboxylic acids is 1. The van der Waals surface area contributed by atoms with E-state index in [0.29, 0.717) is 5.82 Å². The maximum absolute atomic E-state index is 10.8. The highest BCUT2D eigenvalue weighted by atomic mass is 16.3. The van der Waals surface area contributed by atoms with Crippen LogP contribution in [0.1, 0.15) is 12.5 Å². The number of amides is 1. The molecule has 98 valence electrons. The number of aromatic hydroxyl groups is 1. The van der Waals surface area contributed by atoms with Crippen LogP contribution in [0.5, 0.6) is 6.01 Å². The summed E-state index contributed by atoms with van der Waals surface area (Å²) in [5, 5.41) is 9.50. The summed E-state index contributed by atoms with van der Waals surface area (Å²) in [6.07, 6.45) is 0. The van der Waals surface area contributed by atoms with Gasteiger partial charge in [0, 0.05) is 12.5 Å². The molecule has 1 aromatic carbocycles. The number of benzene rings is 1. The van der Waals surface area contributed by atoms with Crippen LogP contribution in [0.4, 0.5) is 5.95 Å². The maximum Gasteiger partial charge on any atom is 0.319 e. The second-order valence-electron chi connectivity index (χ2n) is 3.90. The summed E-state index contributed by atoms with van der Waals surface area (Å²) in [5.74, 6) is 0.108. The van der Waals surface area contributed by atoms with Gasteiger partial charge in [-0.15, -0.1) is 0 Å². The molecule has 0 saturated carbocycles. The Balaban J connectivity index is 2.36. The summed E-state index contributed by atoms with van der Waals surface area (Å²) in [6.45, 7) is 3.26. The maximum atomic E-state index is 10.8. The molecule has 3 N–H and O–H groups in total. The summed E-state index contributed by atoms with van der Waals surface area (Å²) in [5.41, 5.74) is 6.58. The number of hydrogen-bond donors (Lipinski definition) is 3. The molecule has 0 unspecified atom stereocenters. The van der Waals surface area contributed by atoms with Crippen LogP contribution in [0.15, 0.2) is 24.3 Å². The third-order valence-electron chi connectivity index (χ3n) is 2.36. The van der Waals surface area contributed by atoms with Crippen molar-refractivity contribution in [2.75, 3.05) is 5.43 Å². The van der Waals surface area contributed by atoms with Gasteiger partial charge < -0.3 is 5.11 Å². The molecule has 1 aromatic heterocycles. The van der Waals surface area contributed by atoms with Gasteiger partial charge in [0.2, 0.25) is 11.9 Å². The third kappa shape index (κ3) is 3.15. The molecule has 0 bridgehead atoms. The number of carbonyl (C=O) groups is 1. The predicted molar refractivity (Wildman–Crippen MR) is 69.1 cm³/mol. The van der Waals surface area contributed by atoms with E-state index < -0.39 is 6.01 Å². The summed E-state index contributed by atoms with van der Waals surface area (Å²) >= 11 is 0. The van der Waals surface area contributed by atoms with E-state index in [2.05, 4.69) is 25.8 Å². The molecule has 0 saturated heterocycles. The molecule has 0 aliphatic carbocycles. The van der Waals surface area contributed by atoms with Crippen LogP contribution in [0.3, 0.4) is 0 Å². The van der Waals surface area contributed by atoms with E-state index in [1.54, 1.807) is 0 Å². The highest BCUT2D eigenvalue weighted by molar-refractivity contribution is 5.74. The van der Waals surface area contributed by atoms with E-state index in [1.807, 2.05) is 31.2 Å². The first-order valence-corrected chi connectivity index (χ1v) is 5.60. The van der Waals surface area contributed by atoms with Crippen molar-refractivity contribution >= 4 is 11.9 Å². The van der Waals surface area contributed by atoms with Gasteiger partial charge in [0.15, 0.2) is 5.82 Å². The van der Waals surface area contributed by atoms with Gasteiger partial charge in [-0.25, -0.2) is 0 Å². The van der Waals surface area contributed by atoms with Crippen molar-refractivity contribution in [3.63, 3.8) is 0 Å². The molecule has 0 fully saturated rings. The number of aromatic nitrogens is 3. The van der Waals surface area contributed by atoms with Crippen LogP contribution in [0.25, 0.3) is 11.4 Å². The molecule has 0 radical (unpaired) electrons. The number of hydrogen-bond acceptors (Lipinski definition) is 6. The fraction of sp³-hybridized carbons (Fsp3) is 0.167. The highest BCUT2D eigenvalue weighted by Gasteiger charge is 2.09. The Morgan fingerprint density at radius 1 is 1.21 bits per heavy atom. The standard InChI is InChI=1S/C12H13N5O2/c1-7-5-3-4-6-9(7)10-13-11(15-12(19)14-10)17-16-8(2)18/h3-6H,1-2H3,(H,16,18)(H2,13,14,15,17,19). The van der Waals surface area contributed by atoms with Gasteiger partial charge in [0.25, 0.3) is 0 Å². The van der Waals surface area contributed by atoms with Gasteiger partial charge >= 0.3 is 6.01 Å². The minimum atomic E-state index is -0.416. The van der Waals surface area contributed by atoms with Crippen LogP contribution in [-0.2, 0) is 4.79 Å². The van der Waals surface area contributed by atoms with Gasteiger partial charge in [-0.2, -0.15) is 15.0 Å². The lowest BCUT2D eigenvalue weighted by atomic mass is 10.1. The quantitative estimate of drug-likeness (QED) is 0.711. The Hall–Kier alpha value is -2.70. The van der Waals surface area contributed by atoms with Crippen LogP contribution in [0.2, 0.25) is 0 Å². The molecule has 0 aliphatic rings. The summed E-state index contributed by atoms with van der Waals surface area (Å²) in [4.78, 5) is 22.5. The van der Waals surface area contributed by atoms with Crippen LogP contribution < -0.4 is 10.9 Å². The Morgan fingerprint density at radius 2 is 1.95 bits per heavy atom. The Kier molecular flexibility index (Phi) is 3.56. The Bertz CT molecular complexity index is 615. The van der Waals surface area contributed by atoms with Crippen molar-refractivity contribution < 1.29 is 9.90 Å². The second kappa shape index (κ2) is 5.30. The second-order valence-corrected chi connectivity index (χ2v) is 3.90. The van der Waals surface area contributed by atoms with Crippen molar-refractivity contribution in [1.82, 2.24) is 20.4 Å². The van der Waals surface area contributed by atoms with Crippen LogP contribution in [0, 0.1) is 6.92 Å². The van der Waals surface area contributed by atoms with Crippen molar-refractivity contribution in [1.29, 1.82) is 0 Å². The first kappa shape index (κ1) is 12.7. The highest BCUT2D eigenvalue weighted by Crippen LogP contribution is 2.21. The number of nitrogens with zero attached hydrogens (tertiary/aromatic N) is 3. The minimum Gasteiger partial charge on any atom is -0.479 e. The molecule has 1 amide bonds. The molecule has 2 aromatic rings. The number of hydrazine groups is 1. The molecule has 7 nitrogen and oxygen atoms in total. The lowest BCUT2D eigenvalue weighted by Crippen LogP contribution is -2.27. The molecule has 0 spiro atoms. The van der Waals surface area contributed by atoms with Crippen molar-refractivity contribution in [3.05, 3.63) is 29.8 Å². The zero-order chi connectivity index (χ0) is 13.8. The van der Waals surface area contributed by atoms with Crippen LogP contribution in [-0.4, -0.2) is 26.0 Å². The molecule has 2 rings (SSSR count). The number of aryl methyl sites for hydroxylation is 1. The number of nitrogens with one attached hydrogen (secondary N) is 2. The van der Waals surface area contributed by atoms with E-state index in [9.17, 15) is 9.90 Å². The van der Waals surface area contributed by atoms with E-state index >= 15 is 0 Å². The molecule has 0 aliphatic heterocycles. The van der Waals surface area contributed by atoms with E-state index in [4.69, 9.17) is 0 Å². The summed E-state index contributed by atoms with van der Waals surface area (Å²) in [7, 11) is 0. The van der Waals surface area contributed by atoms with Crippen molar-refractivity contribution in [2.24, 2.45) is 0 Å². The summed E-state index contributed by atoms with van der Waals surface area (Å²) < 4.78 is 0. The fourth-order valence-electron chi connectivity index (χ4n) is 1.51. The lowest BCUT2D eigenvalue weighted by Gasteiger charge is -2.08. The van der Waals surface area contributed by atoms with Gasteiger partial charge in [-0.3, -0.25) is 15.6 Å². The van der Waals surface area contributed by atoms with Gasteiger partial charge in [-0.1, -0.05) is 24.3 Å². The predicted octanol–water partition coefficient (Wildman–Crippen LogP) is 1.02. The zero-order valence-electron chi connectivity index (χ0n) is 10.5. The summed E-state index contributed by atoms with van der Waals surface area (Å²) in [6, 6.07) is 7.09. The average molecular weight is 259 g/mol. The van der Waals surface area contributed by atoms with Crippen molar-refractivity contribution in [2.45, 2.75) is 13.8 Å². The smallest absolute Gasteiger partial charge is 0.319 e. The molecular weight excluding hydrogens is 246 g/mol. The Labute approximate surface area is 109 Å². The molecular formula is C12H13N5O2. The number of rotatable bonds is 3. The van der Waals surface area contributed by atoms with E-state index in [1.165, 1.54) is 6.92 Å². The largest absolute Gasteiger partial charge is 0.479 e. The molecule has 7 heteroatoms. The lowest BCUT2D eigenvalue weighted by molar-refractivity contribution is -0.118. The monoisotopic (exact) mass is 259 g/mol. The van der Waals surface area contributed by atoms with E-state index in [0.717, 1.165) is 11.1 Å². The fourth-order valence-corrected chi connectivity index (χ4v) is 1.51. The van der Waals surface area contributed by atoms with E-state index in [-0.39, 0.29) is 11.9 Å². The topological polar surface area (TPSA) is 100 Å². The Morgan fingerprint density at radius 3 is 2.63 bits per heavy atom. The molecule has 1 heterocycles. The minimum absolute atomic E-state index is 0.0703. The third-order valence-corrected chi connectivity index (χ3v) is 2.36. The van der Waals surface area contributed by atoms with Crippen LogP contribution >= 0.6 is 0 Å². The normalized spacial score (nSPS) is 10.0.